The number of halogens is 1. The maximum Gasteiger partial charge on any atom is 0.259 e. The number of anilines is 1. The molecule has 24 heavy (non-hydrogen) atoms. The summed E-state index contributed by atoms with van der Waals surface area (Å²) in [6.07, 6.45) is 2.41. The lowest BCUT2D eigenvalue weighted by molar-refractivity contribution is 0.102. The molecular weight excluding hydrogens is 413 g/mol. The third-order valence-electron chi connectivity index (χ3n) is 3.83. The molecule has 0 spiro atoms. The normalized spacial score (nSPS) is 10.6. The summed E-state index contributed by atoms with van der Waals surface area (Å²) in [5, 5.41) is 7.40. The minimum absolute atomic E-state index is 0.115. The number of aromatic nitrogens is 2. The monoisotopic (exact) mass is 431 g/mol. The predicted molar refractivity (Wildman–Crippen MR) is 104 cm³/mol. The van der Waals surface area contributed by atoms with Crippen LogP contribution in [0.5, 0.6) is 0 Å². The van der Waals surface area contributed by atoms with Crippen LogP contribution in [-0.4, -0.2) is 15.7 Å². The van der Waals surface area contributed by atoms with E-state index in [0.29, 0.717) is 12.1 Å². The molecule has 0 atom stereocenters. The smallest absolute Gasteiger partial charge is 0.259 e. The Hall–Kier alpha value is -2.15. The molecule has 4 nitrogen and oxygen atoms in total. The van der Waals surface area contributed by atoms with Gasteiger partial charge in [0, 0.05) is 3.57 Å². The summed E-state index contributed by atoms with van der Waals surface area (Å²) in [6, 6.07) is 17.9. The zero-order valence-corrected chi connectivity index (χ0v) is 15.5. The average Bonchev–Trinajstić information content (AvgIpc) is 3.00. The lowest BCUT2D eigenvalue weighted by Gasteiger charge is -2.09. The van der Waals surface area contributed by atoms with Crippen LogP contribution < -0.4 is 5.32 Å². The van der Waals surface area contributed by atoms with Crippen molar-refractivity contribution >= 4 is 34.2 Å². The van der Waals surface area contributed by atoms with Gasteiger partial charge in [-0.15, -0.1) is 0 Å². The van der Waals surface area contributed by atoms with Crippen LogP contribution in [0.1, 0.15) is 28.5 Å². The number of nitrogens with zero attached hydrogens (tertiary/aromatic N) is 2. The summed E-state index contributed by atoms with van der Waals surface area (Å²) in [5.41, 5.74) is 3.57. The number of nitrogens with one attached hydrogen (secondary N) is 1. The van der Waals surface area contributed by atoms with Crippen LogP contribution in [0.25, 0.3) is 0 Å². The van der Waals surface area contributed by atoms with Gasteiger partial charge in [0.15, 0.2) is 0 Å². The van der Waals surface area contributed by atoms with E-state index < -0.39 is 0 Å². The standard InChI is InChI=1S/C19H18IN3O/c1-2-18-15(19(24)22-17-11-7-6-10-16(17)20)12-21-23(18)13-14-8-4-3-5-9-14/h3-12H,2,13H2,1H3,(H,22,24). The summed E-state index contributed by atoms with van der Waals surface area (Å²) in [4.78, 5) is 12.6. The highest BCUT2D eigenvalue weighted by molar-refractivity contribution is 14.1. The second kappa shape index (κ2) is 7.61. The molecule has 0 aliphatic carbocycles. The van der Waals surface area contributed by atoms with Crippen LogP contribution in [0.4, 0.5) is 5.69 Å². The van der Waals surface area contributed by atoms with Crippen molar-refractivity contribution in [2.24, 2.45) is 0 Å². The van der Waals surface area contributed by atoms with Crippen LogP contribution in [-0.2, 0) is 13.0 Å². The van der Waals surface area contributed by atoms with Gasteiger partial charge in [-0.05, 0) is 46.7 Å². The molecule has 0 unspecified atom stereocenters. The van der Waals surface area contributed by atoms with E-state index in [1.54, 1.807) is 6.20 Å². The lowest BCUT2D eigenvalue weighted by atomic mass is 10.1. The van der Waals surface area contributed by atoms with Crippen LogP contribution in [0.3, 0.4) is 0 Å². The van der Waals surface area contributed by atoms with E-state index in [0.717, 1.165) is 21.4 Å². The van der Waals surface area contributed by atoms with Crippen molar-refractivity contribution in [2.75, 3.05) is 5.32 Å². The number of carbonyl (C=O) groups is 1. The molecule has 1 N–H and O–H groups in total. The van der Waals surface area contributed by atoms with E-state index in [4.69, 9.17) is 0 Å². The fraction of sp³-hybridized carbons (Fsp3) is 0.158. The van der Waals surface area contributed by atoms with E-state index in [2.05, 4.69) is 45.1 Å². The van der Waals surface area contributed by atoms with Crippen LogP contribution in [0.2, 0.25) is 0 Å². The lowest BCUT2D eigenvalue weighted by Crippen LogP contribution is -2.15. The fourth-order valence-electron chi connectivity index (χ4n) is 2.62. The van der Waals surface area contributed by atoms with Crippen molar-refractivity contribution in [1.29, 1.82) is 0 Å². The van der Waals surface area contributed by atoms with Gasteiger partial charge in [-0.3, -0.25) is 9.48 Å². The largest absolute Gasteiger partial charge is 0.321 e. The van der Waals surface area contributed by atoms with E-state index in [9.17, 15) is 4.79 Å². The Morgan fingerprint density at radius 1 is 1.12 bits per heavy atom. The van der Waals surface area contributed by atoms with Crippen molar-refractivity contribution in [3.8, 4) is 0 Å². The van der Waals surface area contributed by atoms with Gasteiger partial charge in [0.05, 0.1) is 29.7 Å². The number of hydrogen-bond donors (Lipinski definition) is 1. The van der Waals surface area contributed by atoms with Crippen LogP contribution >= 0.6 is 22.6 Å². The molecule has 1 aromatic heterocycles. The highest BCUT2D eigenvalue weighted by atomic mass is 127. The molecule has 5 heteroatoms. The summed E-state index contributed by atoms with van der Waals surface area (Å²) in [5.74, 6) is -0.115. The number of carbonyl (C=O) groups excluding carboxylic acids is 1. The third-order valence-corrected chi connectivity index (χ3v) is 4.77. The minimum atomic E-state index is -0.115. The Morgan fingerprint density at radius 3 is 2.54 bits per heavy atom. The Labute approximate surface area is 155 Å². The fourth-order valence-corrected chi connectivity index (χ4v) is 3.14. The van der Waals surface area contributed by atoms with Crippen molar-refractivity contribution in [2.45, 2.75) is 19.9 Å². The third kappa shape index (κ3) is 3.67. The predicted octanol–water partition coefficient (Wildman–Crippen LogP) is 4.35. The van der Waals surface area contributed by atoms with Gasteiger partial charge in [0.2, 0.25) is 0 Å². The SMILES string of the molecule is CCc1c(C(=O)Nc2ccccc2I)cnn1Cc1ccccc1. The number of benzene rings is 2. The molecule has 122 valence electrons. The zero-order chi connectivity index (χ0) is 16.9. The van der Waals surface area contributed by atoms with Crippen molar-refractivity contribution in [3.63, 3.8) is 0 Å². The summed E-state index contributed by atoms with van der Waals surface area (Å²) < 4.78 is 2.92. The minimum Gasteiger partial charge on any atom is -0.321 e. The number of para-hydroxylation sites is 1. The molecule has 0 aliphatic heterocycles. The first-order valence-corrected chi connectivity index (χ1v) is 8.91. The Morgan fingerprint density at radius 2 is 1.83 bits per heavy atom. The van der Waals surface area contributed by atoms with E-state index in [-0.39, 0.29) is 5.91 Å². The van der Waals surface area contributed by atoms with Gasteiger partial charge >= 0.3 is 0 Å². The molecule has 2 aromatic carbocycles. The van der Waals surface area contributed by atoms with E-state index in [1.807, 2.05) is 54.1 Å². The first kappa shape index (κ1) is 16.7. The molecule has 0 bridgehead atoms. The van der Waals surface area contributed by atoms with Crippen molar-refractivity contribution in [3.05, 3.63) is 81.2 Å². The average molecular weight is 431 g/mol. The number of amides is 1. The van der Waals surface area contributed by atoms with E-state index >= 15 is 0 Å². The molecule has 0 radical (unpaired) electrons. The van der Waals surface area contributed by atoms with Gasteiger partial charge in [-0.1, -0.05) is 49.4 Å². The Balaban J connectivity index is 1.83. The number of rotatable bonds is 5. The second-order valence-corrected chi connectivity index (χ2v) is 6.60. The molecule has 0 saturated heterocycles. The maximum absolute atomic E-state index is 12.6. The summed E-state index contributed by atoms with van der Waals surface area (Å²) in [7, 11) is 0. The van der Waals surface area contributed by atoms with E-state index in [1.165, 1.54) is 5.56 Å². The number of hydrogen-bond acceptors (Lipinski definition) is 2. The maximum atomic E-state index is 12.6. The Kier molecular flexibility index (Phi) is 5.30. The van der Waals surface area contributed by atoms with Gasteiger partial charge in [-0.25, -0.2) is 0 Å². The van der Waals surface area contributed by atoms with Crippen LogP contribution in [0, 0.1) is 3.57 Å². The highest BCUT2D eigenvalue weighted by Gasteiger charge is 2.17. The summed E-state index contributed by atoms with van der Waals surface area (Å²) in [6.45, 7) is 2.71. The molecule has 1 amide bonds. The zero-order valence-electron chi connectivity index (χ0n) is 13.4. The van der Waals surface area contributed by atoms with Crippen molar-refractivity contribution in [1.82, 2.24) is 9.78 Å². The molecule has 0 saturated carbocycles. The van der Waals surface area contributed by atoms with Gasteiger partial charge in [-0.2, -0.15) is 5.10 Å². The molecule has 0 fully saturated rings. The topological polar surface area (TPSA) is 46.9 Å². The van der Waals surface area contributed by atoms with Crippen molar-refractivity contribution < 1.29 is 4.79 Å². The van der Waals surface area contributed by atoms with Gasteiger partial charge < -0.3 is 5.32 Å². The first-order chi connectivity index (χ1) is 11.7. The molecule has 3 aromatic rings. The first-order valence-electron chi connectivity index (χ1n) is 7.83. The molecule has 3 rings (SSSR count). The van der Waals surface area contributed by atoms with Gasteiger partial charge in [0.25, 0.3) is 5.91 Å². The van der Waals surface area contributed by atoms with Crippen LogP contribution in [0.15, 0.2) is 60.8 Å². The Bertz CT molecular complexity index is 843. The molecule has 0 aliphatic rings. The van der Waals surface area contributed by atoms with Gasteiger partial charge in [0.1, 0.15) is 0 Å². The second-order valence-electron chi connectivity index (χ2n) is 5.44. The molecular formula is C19H18IN3O. The highest BCUT2D eigenvalue weighted by Crippen LogP contribution is 2.19. The molecule has 1 heterocycles. The quantitative estimate of drug-likeness (QED) is 0.611. The summed E-state index contributed by atoms with van der Waals surface area (Å²) >= 11 is 2.22.